The Labute approximate surface area is 95.2 Å². The fourth-order valence-corrected chi connectivity index (χ4v) is 2.85. The molecule has 0 aromatic carbocycles. The Morgan fingerprint density at radius 3 is 3.00 bits per heavy atom. The summed E-state index contributed by atoms with van der Waals surface area (Å²) in [7, 11) is 0. The minimum Gasteiger partial charge on any atom is -0.389 e. The predicted octanol–water partition coefficient (Wildman–Crippen LogP) is 1.36. The summed E-state index contributed by atoms with van der Waals surface area (Å²) in [6.45, 7) is 1.85. The molecule has 0 aliphatic carbocycles. The van der Waals surface area contributed by atoms with Crippen LogP contribution in [-0.2, 0) is 11.3 Å². The molecule has 1 aromatic rings. The van der Waals surface area contributed by atoms with Crippen LogP contribution in [0.25, 0.3) is 0 Å². The summed E-state index contributed by atoms with van der Waals surface area (Å²) in [5.74, 6) is 0. The number of aliphatic hydroxyl groups excluding tert-OH is 1. The molecule has 0 spiro atoms. The van der Waals surface area contributed by atoms with E-state index < -0.39 is 0 Å². The number of ether oxygens (including phenoxy) is 1. The van der Waals surface area contributed by atoms with Gasteiger partial charge >= 0.3 is 0 Å². The first-order valence-electron chi connectivity index (χ1n) is 4.49. The number of hydrogen-bond acceptors (Lipinski definition) is 4. The Kier molecular flexibility index (Phi) is 3.57. The summed E-state index contributed by atoms with van der Waals surface area (Å²) < 4.78 is 6.28. The number of thiophene rings is 1. The van der Waals surface area contributed by atoms with Crippen LogP contribution in [-0.4, -0.2) is 30.5 Å². The fraction of sp³-hybridized carbons (Fsp3) is 0.556. The van der Waals surface area contributed by atoms with Gasteiger partial charge in [0.15, 0.2) is 0 Å². The maximum atomic E-state index is 9.48. The third-order valence-electron chi connectivity index (χ3n) is 2.22. The molecule has 1 fully saturated rings. The number of aliphatic hydroxyl groups is 1. The van der Waals surface area contributed by atoms with Gasteiger partial charge in [-0.15, -0.1) is 11.3 Å². The van der Waals surface area contributed by atoms with E-state index in [0.717, 1.165) is 10.3 Å². The lowest BCUT2D eigenvalue weighted by atomic mass is 10.2. The van der Waals surface area contributed by atoms with Gasteiger partial charge in [-0.2, -0.15) is 0 Å². The van der Waals surface area contributed by atoms with Crippen molar-refractivity contribution in [1.29, 1.82) is 0 Å². The number of nitrogens with one attached hydrogen (secondary N) is 1. The lowest BCUT2D eigenvalue weighted by molar-refractivity contribution is 0.122. The van der Waals surface area contributed by atoms with Crippen LogP contribution in [0, 0.1) is 0 Å². The molecule has 1 saturated heterocycles. The first kappa shape index (κ1) is 10.6. The van der Waals surface area contributed by atoms with E-state index in [1.54, 1.807) is 11.3 Å². The fourth-order valence-electron chi connectivity index (χ4n) is 1.42. The van der Waals surface area contributed by atoms with E-state index >= 15 is 0 Å². The maximum absolute atomic E-state index is 9.48. The van der Waals surface area contributed by atoms with Crippen LogP contribution in [0.5, 0.6) is 0 Å². The highest BCUT2D eigenvalue weighted by Crippen LogP contribution is 2.22. The van der Waals surface area contributed by atoms with E-state index in [2.05, 4.69) is 27.3 Å². The quantitative estimate of drug-likeness (QED) is 0.877. The van der Waals surface area contributed by atoms with Crippen molar-refractivity contribution in [2.24, 2.45) is 0 Å². The van der Waals surface area contributed by atoms with Gasteiger partial charge in [-0.05, 0) is 28.1 Å². The van der Waals surface area contributed by atoms with Gasteiger partial charge in [-0.1, -0.05) is 0 Å². The van der Waals surface area contributed by atoms with Gasteiger partial charge in [0.25, 0.3) is 0 Å². The van der Waals surface area contributed by atoms with E-state index in [4.69, 9.17) is 4.74 Å². The zero-order chi connectivity index (χ0) is 9.97. The standard InChI is InChI=1S/C9H12BrNO2S/c10-9-2-1-6(14-9)3-11-7-4-13-5-8(7)12/h1-2,7-8,11-12H,3-5H2. The molecular formula is C9H12BrNO2S. The largest absolute Gasteiger partial charge is 0.389 e. The third kappa shape index (κ3) is 2.55. The molecule has 5 heteroatoms. The van der Waals surface area contributed by atoms with E-state index in [1.165, 1.54) is 4.88 Å². The molecule has 78 valence electrons. The summed E-state index contributed by atoms with van der Waals surface area (Å²) in [5.41, 5.74) is 0. The Morgan fingerprint density at radius 2 is 2.43 bits per heavy atom. The average molecular weight is 278 g/mol. The molecule has 14 heavy (non-hydrogen) atoms. The summed E-state index contributed by atoms with van der Waals surface area (Å²) in [6.07, 6.45) is -0.363. The van der Waals surface area contributed by atoms with Gasteiger partial charge < -0.3 is 15.2 Å². The highest BCUT2D eigenvalue weighted by atomic mass is 79.9. The van der Waals surface area contributed by atoms with Crippen molar-refractivity contribution in [2.45, 2.75) is 18.7 Å². The predicted molar refractivity (Wildman–Crippen MR) is 59.5 cm³/mol. The van der Waals surface area contributed by atoms with Crippen molar-refractivity contribution in [1.82, 2.24) is 5.32 Å². The Balaban J connectivity index is 1.82. The van der Waals surface area contributed by atoms with Gasteiger partial charge in [0.1, 0.15) is 0 Å². The normalized spacial score (nSPS) is 27.0. The van der Waals surface area contributed by atoms with Gasteiger partial charge in [-0.25, -0.2) is 0 Å². The summed E-state index contributed by atoms with van der Waals surface area (Å²) >= 11 is 5.12. The molecule has 3 nitrogen and oxygen atoms in total. The minimum absolute atomic E-state index is 0.0795. The molecule has 2 heterocycles. The topological polar surface area (TPSA) is 41.5 Å². The first-order chi connectivity index (χ1) is 6.75. The number of hydrogen-bond donors (Lipinski definition) is 2. The van der Waals surface area contributed by atoms with Crippen LogP contribution in [0.15, 0.2) is 15.9 Å². The Morgan fingerprint density at radius 1 is 1.57 bits per heavy atom. The summed E-state index contributed by atoms with van der Waals surface area (Å²) in [6, 6.07) is 4.18. The van der Waals surface area contributed by atoms with Crippen molar-refractivity contribution < 1.29 is 9.84 Å². The van der Waals surface area contributed by atoms with Crippen LogP contribution >= 0.6 is 27.3 Å². The molecule has 2 N–H and O–H groups in total. The molecule has 0 saturated carbocycles. The highest BCUT2D eigenvalue weighted by molar-refractivity contribution is 9.11. The molecule has 0 amide bonds. The molecule has 0 bridgehead atoms. The van der Waals surface area contributed by atoms with Crippen molar-refractivity contribution in [2.75, 3.05) is 13.2 Å². The smallest absolute Gasteiger partial charge is 0.0948 e. The number of halogens is 1. The molecule has 1 aliphatic rings. The van der Waals surface area contributed by atoms with E-state index in [0.29, 0.717) is 13.2 Å². The van der Waals surface area contributed by atoms with E-state index in [-0.39, 0.29) is 12.1 Å². The first-order valence-corrected chi connectivity index (χ1v) is 6.10. The molecule has 1 aromatic heterocycles. The van der Waals surface area contributed by atoms with Crippen LogP contribution in [0.2, 0.25) is 0 Å². The average Bonchev–Trinajstić information content (AvgIpc) is 2.72. The number of rotatable bonds is 3. The molecule has 2 rings (SSSR count). The van der Waals surface area contributed by atoms with E-state index in [1.807, 2.05) is 6.07 Å². The summed E-state index contributed by atoms with van der Waals surface area (Å²) in [4.78, 5) is 1.26. The minimum atomic E-state index is -0.363. The zero-order valence-electron chi connectivity index (χ0n) is 7.57. The van der Waals surface area contributed by atoms with Crippen LogP contribution in [0.3, 0.4) is 0 Å². The Bertz CT molecular complexity index is 305. The lowest BCUT2D eigenvalue weighted by Crippen LogP contribution is -2.38. The van der Waals surface area contributed by atoms with Gasteiger partial charge in [-0.3, -0.25) is 0 Å². The van der Waals surface area contributed by atoms with Crippen molar-refractivity contribution in [3.05, 3.63) is 20.8 Å². The molecular weight excluding hydrogens is 266 g/mol. The van der Waals surface area contributed by atoms with Crippen LogP contribution < -0.4 is 5.32 Å². The van der Waals surface area contributed by atoms with Gasteiger partial charge in [0.05, 0.1) is 29.1 Å². The molecule has 2 atom stereocenters. The lowest BCUT2D eigenvalue weighted by Gasteiger charge is -2.13. The SMILES string of the molecule is OC1COCC1NCc1ccc(Br)s1. The molecule has 2 unspecified atom stereocenters. The van der Waals surface area contributed by atoms with Crippen molar-refractivity contribution in [3.63, 3.8) is 0 Å². The van der Waals surface area contributed by atoms with Crippen molar-refractivity contribution in [3.8, 4) is 0 Å². The second-order valence-electron chi connectivity index (χ2n) is 3.30. The monoisotopic (exact) mass is 277 g/mol. The van der Waals surface area contributed by atoms with Gasteiger partial charge in [0.2, 0.25) is 0 Å². The zero-order valence-corrected chi connectivity index (χ0v) is 9.97. The Hall–Kier alpha value is 0.0600. The summed E-state index contributed by atoms with van der Waals surface area (Å²) in [5, 5.41) is 12.8. The second-order valence-corrected chi connectivity index (χ2v) is 5.85. The van der Waals surface area contributed by atoms with Crippen molar-refractivity contribution >= 4 is 27.3 Å². The molecule has 0 radical (unpaired) electrons. The maximum Gasteiger partial charge on any atom is 0.0948 e. The second kappa shape index (κ2) is 4.72. The molecule has 1 aliphatic heterocycles. The highest BCUT2D eigenvalue weighted by Gasteiger charge is 2.25. The van der Waals surface area contributed by atoms with E-state index in [9.17, 15) is 5.11 Å². The van der Waals surface area contributed by atoms with Gasteiger partial charge in [0, 0.05) is 11.4 Å². The van der Waals surface area contributed by atoms with Crippen LogP contribution in [0.1, 0.15) is 4.88 Å². The van der Waals surface area contributed by atoms with Crippen LogP contribution in [0.4, 0.5) is 0 Å². The third-order valence-corrected chi connectivity index (χ3v) is 3.84.